The summed E-state index contributed by atoms with van der Waals surface area (Å²) in [6.45, 7) is 15.6. The van der Waals surface area contributed by atoms with Gasteiger partial charge in [-0.05, 0) is 99.6 Å². The van der Waals surface area contributed by atoms with Gasteiger partial charge in [-0.15, -0.1) is 0 Å². The minimum absolute atomic E-state index is 0.0215. The lowest BCUT2D eigenvalue weighted by Gasteiger charge is -2.48. The molecule has 41 heavy (non-hydrogen) atoms. The second-order valence-electron chi connectivity index (χ2n) is 13.0. The summed E-state index contributed by atoms with van der Waals surface area (Å²) in [5.41, 5.74) is 5.09. The van der Waals surface area contributed by atoms with E-state index in [0.29, 0.717) is 25.4 Å². The summed E-state index contributed by atoms with van der Waals surface area (Å²) < 4.78 is 29.4. The normalized spacial score (nSPS) is 28.4. The molecule has 4 aliphatic rings. The molecule has 2 saturated carbocycles. The number of hydrogen-bond donors (Lipinski definition) is 0. The highest BCUT2D eigenvalue weighted by Crippen LogP contribution is 2.51. The Balaban J connectivity index is 1.19. The maximum absolute atomic E-state index is 6.91. The molecule has 4 atom stereocenters. The molecule has 2 heterocycles. The SMILES string of the molecule is C=C(C)C1(COCC2(C(=C)C)CCCCC2Cc2ccc3c(c2)OCO3)CCCCC1Cc1ccc2c(c1)OCO2. The highest BCUT2D eigenvalue weighted by molar-refractivity contribution is 5.45. The van der Waals surface area contributed by atoms with Gasteiger partial charge in [0.05, 0.1) is 13.2 Å². The van der Waals surface area contributed by atoms with E-state index in [2.05, 4.69) is 63.4 Å². The summed E-state index contributed by atoms with van der Waals surface area (Å²) in [4.78, 5) is 0. The first-order valence-electron chi connectivity index (χ1n) is 15.6. The zero-order valence-electron chi connectivity index (χ0n) is 25.0. The van der Waals surface area contributed by atoms with Crippen LogP contribution in [0.25, 0.3) is 0 Å². The molecule has 4 unspecified atom stereocenters. The Labute approximate surface area is 245 Å². The Morgan fingerprint density at radius 1 is 0.683 bits per heavy atom. The third kappa shape index (κ3) is 5.50. The summed E-state index contributed by atoms with van der Waals surface area (Å²) in [5.74, 6) is 4.41. The van der Waals surface area contributed by atoms with E-state index in [4.69, 9.17) is 23.7 Å². The standard InChI is InChI=1S/C36H46O5/c1-25(2)35(15-7-5-9-29(35)17-27-11-13-31-33(19-27)40-23-38-31)21-37-22-36(26(3)4)16-8-6-10-30(36)18-28-12-14-32-34(20-28)41-24-39-32/h11-14,19-20,29-30H,1,3,5-10,15-18,21-24H2,2,4H3. The predicted octanol–water partition coefficient (Wildman–Crippen LogP) is 8.45. The first-order chi connectivity index (χ1) is 19.9. The molecule has 2 fully saturated rings. The summed E-state index contributed by atoms with van der Waals surface area (Å²) in [6.07, 6.45) is 11.7. The second-order valence-corrected chi connectivity index (χ2v) is 13.0. The van der Waals surface area contributed by atoms with Crippen LogP contribution in [0.3, 0.4) is 0 Å². The largest absolute Gasteiger partial charge is 0.454 e. The molecule has 2 aromatic carbocycles. The topological polar surface area (TPSA) is 46.2 Å². The fourth-order valence-corrected chi connectivity index (χ4v) is 8.09. The van der Waals surface area contributed by atoms with Crippen LogP contribution in [0.15, 0.2) is 60.7 Å². The zero-order chi connectivity index (χ0) is 28.5. The molecule has 0 bridgehead atoms. The number of rotatable bonds is 10. The van der Waals surface area contributed by atoms with Crippen molar-refractivity contribution in [3.8, 4) is 23.0 Å². The van der Waals surface area contributed by atoms with Crippen molar-refractivity contribution in [3.05, 3.63) is 71.8 Å². The van der Waals surface area contributed by atoms with Gasteiger partial charge in [0.15, 0.2) is 23.0 Å². The van der Waals surface area contributed by atoms with E-state index in [0.717, 1.165) is 61.9 Å². The van der Waals surface area contributed by atoms with Crippen LogP contribution < -0.4 is 18.9 Å². The molecule has 5 nitrogen and oxygen atoms in total. The van der Waals surface area contributed by atoms with Gasteiger partial charge < -0.3 is 23.7 Å². The molecule has 6 rings (SSSR count). The molecule has 0 saturated heterocycles. The first-order valence-corrected chi connectivity index (χ1v) is 15.6. The molecular formula is C36H46O5. The van der Waals surface area contributed by atoms with Gasteiger partial charge in [-0.25, -0.2) is 0 Å². The van der Waals surface area contributed by atoms with Crippen molar-refractivity contribution < 1.29 is 23.7 Å². The maximum Gasteiger partial charge on any atom is 0.231 e. The van der Waals surface area contributed by atoms with Crippen LogP contribution in [0.2, 0.25) is 0 Å². The van der Waals surface area contributed by atoms with Crippen molar-refractivity contribution in [2.75, 3.05) is 26.8 Å². The van der Waals surface area contributed by atoms with Crippen LogP contribution in [-0.2, 0) is 17.6 Å². The average Bonchev–Trinajstić information content (AvgIpc) is 3.63. The van der Waals surface area contributed by atoms with Gasteiger partial charge in [-0.3, -0.25) is 0 Å². The van der Waals surface area contributed by atoms with E-state index in [1.54, 1.807) is 0 Å². The van der Waals surface area contributed by atoms with E-state index in [1.807, 2.05) is 0 Å². The van der Waals surface area contributed by atoms with Gasteiger partial charge in [0.1, 0.15) is 0 Å². The van der Waals surface area contributed by atoms with Crippen LogP contribution in [0.5, 0.6) is 23.0 Å². The van der Waals surface area contributed by atoms with E-state index in [-0.39, 0.29) is 10.8 Å². The molecule has 2 aliphatic carbocycles. The Bertz CT molecular complexity index is 1190. The number of benzene rings is 2. The fourth-order valence-electron chi connectivity index (χ4n) is 8.09. The average molecular weight is 559 g/mol. The van der Waals surface area contributed by atoms with Crippen LogP contribution in [0.4, 0.5) is 0 Å². The van der Waals surface area contributed by atoms with Crippen LogP contribution in [0, 0.1) is 22.7 Å². The van der Waals surface area contributed by atoms with E-state index < -0.39 is 0 Å². The van der Waals surface area contributed by atoms with Crippen molar-refractivity contribution in [2.45, 2.75) is 78.1 Å². The minimum atomic E-state index is -0.0215. The van der Waals surface area contributed by atoms with Crippen molar-refractivity contribution in [3.63, 3.8) is 0 Å². The lowest BCUT2D eigenvalue weighted by atomic mass is 9.60. The summed E-state index contributed by atoms with van der Waals surface area (Å²) in [6, 6.07) is 12.8. The summed E-state index contributed by atoms with van der Waals surface area (Å²) in [7, 11) is 0. The highest BCUT2D eigenvalue weighted by Gasteiger charge is 2.45. The van der Waals surface area contributed by atoms with Gasteiger partial charge in [-0.2, -0.15) is 0 Å². The third-order valence-corrected chi connectivity index (χ3v) is 10.7. The van der Waals surface area contributed by atoms with Gasteiger partial charge in [0, 0.05) is 10.8 Å². The van der Waals surface area contributed by atoms with Crippen LogP contribution >= 0.6 is 0 Å². The lowest BCUT2D eigenvalue weighted by Crippen LogP contribution is -2.44. The number of hydrogen-bond acceptors (Lipinski definition) is 5. The fraction of sp³-hybridized carbons (Fsp3) is 0.556. The smallest absolute Gasteiger partial charge is 0.231 e. The second kappa shape index (κ2) is 11.8. The quantitative estimate of drug-likeness (QED) is 0.274. The van der Waals surface area contributed by atoms with E-state index in [9.17, 15) is 0 Å². The lowest BCUT2D eigenvalue weighted by molar-refractivity contribution is -0.0466. The molecule has 2 aliphatic heterocycles. The Morgan fingerprint density at radius 2 is 1.12 bits per heavy atom. The minimum Gasteiger partial charge on any atom is -0.454 e. The monoisotopic (exact) mass is 558 g/mol. The van der Waals surface area contributed by atoms with Gasteiger partial charge in [-0.1, -0.05) is 62.1 Å². The predicted molar refractivity (Wildman–Crippen MR) is 162 cm³/mol. The molecule has 0 radical (unpaired) electrons. The van der Waals surface area contributed by atoms with Crippen LogP contribution in [-0.4, -0.2) is 26.8 Å². The summed E-state index contributed by atoms with van der Waals surface area (Å²) in [5, 5.41) is 0. The van der Waals surface area contributed by atoms with E-state index in [1.165, 1.54) is 60.8 Å². The van der Waals surface area contributed by atoms with Crippen molar-refractivity contribution >= 4 is 0 Å². The molecule has 220 valence electrons. The Kier molecular flexibility index (Phi) is 8.09. The van der Waals surface area contributed by atoms with Gasteiger partial charge in [0.25, 0.3) is 0 Å². The summed E-state index contributed by atoms with van der Waals surface area (Å²) >= 11 is 0. The Hall–Kier alpha value is -2.92. The van der Waals surface area contributed by atoms with Crippen molar-refractivity contribution in [2.24, 2.45) is 22.7 Å². The highest BCUT2D eigenvalue weighted by atomic mass is 16.7. The number of fused-ring (bicyclic) bond motifs is 2. The zero-order valence-corrected chi connectivity index (χ0v) is 25.0. The first kappa shape index (κ1) is 28.2. The van der Waals surface area contributed by atoms with Gasteiger partial charge in [0.2, 0.25) is 13.6 Å². The molecule has 2 aromatic rings. The van der Waals surface area contributed by atoms with Gasteiger partial charge >= 0.3 is 0 Å². The third-order valence-electron chi connectivity index (χ3n) is 10.7. The maximum atomic E-state index is 6.91. The number of ether oxygens (including phenoxy) is 5. The molecule has 0 N–H and O–H groups in total. The molecule has 0 amide bonds. The van der Waals surface area contributed by atoms with E-state index >= 15 is 0 Å². The molecular weight excluding hydrogens is 512 g/mol. The van der Waals surface area contributed by atoms with Crippen molar-refractivity contribution in [1.82, 2.24) is 0 Å². The van der Waals surface area contributed by atoms with Crippen LogP contribution in [0.1, 0.15) is 76.3 Å². The molecule has 0 aromatic heterocycles. The molecule has 0 spiro atoms. The Morgan fingerprint density at radius 3 is 1.56 bits per heavy atom. The molecule has 5 heteroatoms. The van der Waals surface area contributed by atoms with Crippen molar-refractivity contribution in [1.29, 1.82) is 0 Å².